The van der Waals surface area contributed by atoms with E-state index < -0.39 is 46.1 Å². The summed E-state index contributed by atoms with van der Waals surface area (Å²) in [6, 6.07) is 0. The van der Waals surface area contributed by atoms with Gasteiger partial charge in [0.25, 0.3) is 0 Å². The molecule has 0 saturated carbocycles. The Kier molecular flexibility index (Phi) is 38.1. The van der Waals surface area contributed by atoms with Gasteiger partial charge < -0.3 is 54.4 Å². The Morgan fingerprint density at radius 1 is 0.414 bits per heavy atom. The summed E-state index contributed by atoms with van der Waals surface area (Å²) in [7, 11) is 0. The SMILES string of the molecule is CCCOCCOCCNC(=O)CCC(CCC(=O)NCCOCCOCCC)(CCC(=O)NCCOCCOCCC)NC(=O)CCCCCCCCCCC(=O)Oc1c(C)c(F)c(F)c(F)c1F. The zero-order valence-corrected chi connectivity index (χ0v) is 42.5. The summed E-state index contributed by atoms with van der Waals surface area (Å²) < 4.78 is 92.7. The molecule has 0 radical (unpaired) electrons. The molecular weight excluding hydrogens is 925 g/mol. The van der Waals surface area contributed by atoms with Crippen LogP contribution in [0.3, 0.4) is 0 Å². The molecule has 16 nitrogen and oxygen atoms in total. The number of hydrogen-bond acceptors (Lipinski definition) is 12. The zero-order valence-electron chi connectivity index (χ0n) is 42.5. The molecule has 0 aromatic heterocycles. The quantitative estimate of drug-likeness (QED) is 0.0128. The van der Waals surface area contributed by atoms with Crippen LogP contribution in [0.1, 0.15) is 148 Å². The van der Waals surface area contributed by atoms with Crippen molar-refractivity contribution in [1.29, 1.82) is 0 Å². The van der Waals surface area contributed by atoms with Crippen LogP contribution in [0.4, 0.5) is 17.6 Å². The van der Waals surface area contributed by atoms with Gasteiger partial charge >= 0.3 is 5.97 Å². The topological polar surface area (TPSA) is 198 Å². The van der Waals surface area contributed by atoms with E-state index in [1.165, 1.54) is 0 Å². The Labute approximate surface area is 413 Å². The third-order valence-electron chi connectivity index (χ3n) is 11.0. The summed E-state index contributed by atoms with van der Waals surface area (Å²) in [5.74, 6) is -10.3. The molecule has 1 aromatic carbocycles. The zero-order chi connectivity index (χ0) is 51.7. The first-order valence-corrected chi connectivity index (χ1v) is 25.4. The molecule has 0 aliphatic carbocycles. The van der Waals surface area contributed by atoms with Gasteiger partial charge in [0, 0.05) is 82.7 Å². The van der Waals surface area contributed by atoms with Gasteiger partial charge in [-0.3, -0.25) is 24.0 Å². The van der Waals surface area contributed by atoms with Gasteiger partial charge in [-0.2, -0.15) is 4.39 Å². The predicted molar refractivity (Wildman–Crippen MR) is 256 cm³/mol. The fourth-order valence-electron chi connectivity index (χ4n) is 7.05. The van der Waals surface area contributed by atoms with Crippen LogP contribution in [-0.2, 0) is 52.4 Å². The molecule has 0 spiro atoms. The third kappa shape index (κ3) is 31.4. The number of carbonyl (C=O) groups excluding carboxylic acids is 5. The van der Waals surface area contributed by atoms with Crippen molar-refractivity contribution in [3.8, 4) is 5.75 Å². The number of carbonyl (C=O) groups is 5. The maximum Gasteiger partial charge on any atom is 0.311 e. The molecule has 20 heteroatoms. The van der Waals surface area contributed by atoms with Crippen molar-refractivity contribution >= 4 is 29.6 Å². The van der Waals surface area contributed by atoms with E-state index in [0.29, 0.717) is 98.5 Å². The standard InChI is InChI=1S/C50H84F4N4O12/c1-5-27-64-33-36-67-30-24-55-40(59)18-21-50(22-19-41(60)56-25-31-68-37-34-65-28-6-2,23-20-42(61)57-26-32-69-38-35-66-29-7-3)58-43(62)16-14-12-10-8-9-11-13-15-17-44(63)70-49-39(4)45(51)46(52)47(53)48(49)54/h5-38H2,1-4H3,(H,55,59)(H,56,60)(H,57,61)(H,58,62). The van der Waals surface area contributed by atoms with Crippen molar-refractivity contribution in [2.75, 3.05) is 98.9 Å². The van der Waals surface area contributed by atoms with Gasteiger partial charge in [0.15, 0.2) is 17.4 Å². The van der Waals surface area contributed by atoms with Crippen molar-refractivity contribution in [3.05, 3.63) is 28.8 Å². The summed E-state index contributed by atoms with van der Waals surface area (Å²) in [5.41, 5.74) is -1.70. The number of unbranched alkanes of at least 4 members (excludes halogenated alkanes) is 7. The lowest BCUT2D eigenvalue weighted by molar-refractivity contribution is -0.135. The molecular formula is C50H84F4N4O12. The van der Waals surface area contributed by atoms with E-state index in [1.54, 1.807) is 0 Å². The molecule has 0 saturated heterocycles. The molecule has 0 atom stereocenters. The first kappa shape index (κ1) is 64.1. The smallest absolute Gasteiger partial charge is 0.311 e. The van der Waals surface area contributed by atoms with Crippen LogP contribution in [-0.4, -0.2) is 134 Å². The fourth-order valence-corrected chi connectivity index (χ4v) is 7.05. The minimum atomic E-state index is -2.04. The predicted octanol–water partition coefficient (Wildman–Crippen LogP) is 7.23. The van der Waals surface area contributed by atoms with Crippen molar-refractivity contribution in [3.63, 3.8) is 0 Å². The maximum absolute atomic E-state index is 14.1. The molecule has 404 valence electrons. The summed E-state index contributed by atoms with van der Waals surface area (Å²) in [5, 5.41) is 11.7. The van der Waals surface area contributed by atoms with Crippen LogP contribution in [0.2, 0.25) is 0 Å². The average Bonchev–Trinajstić information content (AvgIpc) is 3.35. The van der Waals surface area contributed by atoms with Crippen molar-refractivity contribution in [1.82, 2.24) is 21.3 Å². The highest BCUT2D eigenvalue weighted by Crippen LogP contribution is 2.30. The lowest BCUT2D eigenvalue weighted by Crippen LogP contribution is -2.50. The second-order valence-corrected chi connectivity index (χ2v) is 17.1. The van der Waals surface area contributed by atoms with Gasteiger partial charge in [0.2, 0.25) is 35.3 Å². The third-order valence-corrected chi connectivity index (χ3v) is 11.0. The highest BCUT2D eigenvalue weighted by molar-refractivity contribution is 5.80. The van der Waals surface area contributed by atoms with Crippen molar-refractivity contribution < 1.29 is 74.7 Å². The van der Waals surface area contributed by atoms with Crippen molar-refractivity contribution in [2.45, 2.75) is 155 Å². The Balaban J connectivity index is 2.83. The van der Waals surface area contributed by atoms with Gasteiger partial charge in [-0.25, -0.2) is 13.2 Å². The number of halogens is 4. The molecule has 1 aromatic rings. The molecule has 4 amide bonds. The Morgan fingerprint density at radius 2 is 0.757 bits per heavy atom. The van der Waals surface area contributed by atoms with Gasteiger partial charge in [-0.05, 0) is 58.3 Å². The summed E-state index contributed by atoms with van der Waals surface area (Å²) in [6.45, 7) is 13.3. The van der Waals surface area contributed by atoms with E-state index in [-0.39, 0.29) is 94.6 Å². The largest absolute Gasteiger partial charge is 0.423 e. The number of rotatable bonds is 46. The molecule has 1 rings (SSSR count). The van der Waals surface area contributed by atoms with Gasteiger partial charge in [0.05, 0.1) is 59.5 Å². The van der Waals surface area contributed by atoms with Gasteiger partial charge in [-0.15, -0.1) is 0 Å². The van der Waals surface area contributed by atoms with E-state index in [1.807, 2.05) is 20.8 Å². The maximum atomic E-state index is 14.1. The van der Waals surface area contributed by atoms with Crippen LogP contribution >= 0.6 is 0 Å². The second kappa shape index (κ2) is 41.6. The number of esters is 1. The minimum Gasteiger partial charge on any atom is -0.423 e. The number of amides is 4. The average molecular weight is 1010 g/mol. The summed E-state index contributed by atoms with van der Waals surface area (Å²) in [4.78, 5) is 65.3. The second-order valence-electron chi connectivity index (χ2n) is 17.1. The summed E-state index contributed by atoms with van der Waals surface area (Å²) >= 11 is 0. The van der Waals surface area contributed by atoms with E-state index in [9.17, 15) is 41.5 Å². The number of benzene rings is 1. The monoisotopic (exact) mass is 1010 g/mol. The Bertz CT molecular complexity index is 1500. The molecule has 4 N–H and O–H groups in total. The van der Waals surface area contributed by atoms with E-state index in [2.05, 4.69) is 21.3 Å². The van der Waals surface area contributed by atoms with Crippen LogP contribution < -0.4 is 26.0 Å². The molecule has 0 aliphatic heterocycles. The summed E-state index contributed by atoms with van der Waals surface area (Å²) in [6.07, 6.45) is 9.10. The number of hydrogen-bond donors (Lipinski definition) is 4. The van der Waals surface area contributed by atoms with Crippen LogP contribution in [0.15, 0.2) is 0 Å². The molecule has 0 heterocycles. The Morgan fingerprint density at radius 3 is 1.14 bits per heavy atom. The highest BCUT2D eigenvalue weighted by Gasteiger charge is 2.34. The first-order chi connectivity index (χ1) is 33.8. The van der Waals surface area contributed by atoms with Crippen molar-refractivity contribution in [2.24, 2.45) is 0 Å². The minimum absolute atomic E-state index is 0.0264. The number of ether oxygens (including phenoxy) is 7. The van der Waals surface area contributed by atoms with E-state index in [0.717, 1.165) is 58.3 Å². The molecule has 70 heavy (non-hydrogen) atoms. The lowest BCUT2D eigenvalue weighted by Gasteiger charge is -2.35. The molecule has 0 unspecified atom stereocenters. The van der Waals surface area contributed by atoms with Gasteiger partial charge in [0.1, 0.15) is 0 Å². The molecule has 0 fully saturated rings. The van der Waals surface area contributed by atoms with E-state index >= 15 is 0 Å². The number of nitrogens with one attached hydrogen (secondary N) is 4. The first-order valence-electron chi connectivity index (χ1n) is 25.4. The Hall–Kier alpha value is -3.95. The van der Waals surface area contributed by atoms with Crippen LogP contribution in [0.25, 0.3) is 0 Å². The fraction of sp³-hybridized carbons (Fsp3) is 0.780. The normalized spacial score (nSPS) is 11.4. The van der Waals surface area contributed by atoms with E-state index in [4.69, 9.17) is 33.2 Å². The van der Waals surface area contributed by atoms with Gasteiger partial charge in [-0.1, -0.05) is 59.3 Å². The molecule has 0 aliphatic rings. The highest BCUT2D eigenvalue weighted by atomic mass is 19.2. The molecule has 0 bridgehead atoms. The lowest BCUT2D eigenvalue weighted by atomic mass is 9.82. The van der Waals surface area contributed by atoms with Crippen LogP contribution in [0.5, 0.6) is 5.75 Å². The van der Waals surface area contributed by atoms with Crippen LogP contribution in [0, 0.1) is 30.2 Å².